The minimum atomic E-state index is -0.482. The molecule has 1 aliphatic rings. The number of nitrogens with one attached hydrogen (secondary N) is 1. The van der Waals surface area contributed by atoms with Crippen molar-refractivity contribution >= 4 is 17.7 Å². The Kier molecular flexibility index (Phi) is 5.43. The molecule has 0 atom stereocenters. The molecular formula is C21H18N2O4. The van der Waals surface area contributed by atoms with Crippen LogP contribution in [-0.2, 0) is 4.79 Å². The number of benzene rings is 2. The largest absolute Gasteiger partial charge is 0.497 e. The van der Waals surface area contributed by atoms with Crippen molar-refractivity contribution in [2.75, 3.05) is 26.1 Å². The first kappa shape index (κ1) is 18.1. The summed E-state index contributed by atoms with van der Waals surface area (Å²) in [6.07, 6.45) is 3.42. The molecule has 3 rings (SSSR count). The summed E-state index contributed by atoms with van der Waals surface area (Å²) in [6, 6.07) is 14.3. The number of rotatable bonds is 5. The first-order chi connectivity index (χ1) is 13.1. The van der Waals surface area contributed by atoms with Gasteiger partial charge in [-0.15, -0.1) is 0 Å². The number of hydrogen-bond acceptors (Lipinski definition) is 5. The van der Waals surface area contributed by atoms with Gasteiger partial charge in [0.1, 0.15) is 35.5 Å². The number of methoxy groups -OCH3 is 2. The van der Waals surface area contributed by atoms with Crippen molar-refractivity contribution in [3.63, 3.8) is 0 Å². The van der Waals surface area contributed by atoms with E-state index in [0.29, 0.717) is 22.9 Å². The summed E-state index contributed by atoms with van der Waals surface area (Å²) in [5.74, 6) is 1.61. The third-order valence-corrected chi connectivity index (χ3v) is 4.00. The number of ether oxygens (including phenoxy) is 3. The third kappa shape index (κ3) is 4.28. The van der Waals surface area contributed by atoms with Gasteiger partial charge >= 0.3 is 0 Å². The van der Waals surface area contributed by atoms with Gasteiger partial charge in [-0.1, -0.05) is 0 Å². The lowest BCUT2D eigenvalue weighted by atomic mass is 10.0. The Hall–Kier alpha value is -3.72. The quantitative estimate of drug-likeness (QED) is 0.650. The number of carbonyl (C=O) groups excluding carboxylic acids is 1. The molecule has 0 unspecified atom stereocenters. The van der Waals surface area contributed by atoms with Crippen LogP contribution in [0.15, 0.2) is 59.7 Å². The summed E-state index contributed by atoms with van der Waals surface area (Å²) in [7, 11) is 3.16. The molecule has 0 fully saturated rings. The summed E-state index contributed by atoms with van der Waals surface area (Å²) < 4.78 is 16.0. The number of carbonyl (C=O) groups is 1. The van der Waals surface area contributed by atoms with Crippen LogP contribution in [0.25, 0.3) is 6.08 Å². The molecule has 0 spiro atoms. The Morgan fingerprint density at radius 2 is 1.85 bits per heavy atom. The molecule has 1 aliphatic heterocycles. The molecule has 2 aromatic carbocycles. The lowest BCUT2D eigenvalue weighted by Crippen LogP contribution is -2.15. The smallest absolute Gasteiger partial charge is 0.266 e. The van der Waals surface area contributed by atoms with Crippen LogP contribution in [0.3, 0.4) is 0 Å². The Morgan fingerprint density at radius 1 is 1.15 bits per heavy atom. The van der Waals surface area contributed by atoms with E-state index in [-0.39, 0.29) is 12.2 Å². The van der Waals surface area contributed by atoms with Gasteiger partial charge in [0.15, 0.2) is 0 Å². The van der Waals surface area contributed by atoms with E-state index in [2.05, 4.69) is 5.32 Å². The zero-order chi connectivity index (χ0) is 19.2. The Bertz CT molecular complexity index is 953. The van der Waals surface area contributed by atoms with Crippen molar-refractivity contribution in [2.24, 2.45) is 0 Å². The van der Waals surface area contributed by atoms with E-state index in [1.165, 1.54) is 6.08 Å². The molecule has 0 aliphatic carbocycles. The topological polar surface area (TPSA) is 80.6 Å². The lowest BCUT2D eigenvalue weighted by Gasteiger charge is -2.17. The molecule has 1 amide bonds. The molecule has 136 valence electrons. The first-order valence-corrected chi connectivity index (χ1v) is 8.21. The van der Waals surface area contributed by atoms with Gasteiger partial charge in [0, 0.05) is 17.3 Å². The van der Waals surface area contributed by atoms with Gasteiger partial charge in [0.05, 0.1) is 14.2 Å². The van der Waals surface area contributed by atoms with Crippen LogP contribution in [0.4, 0.5) is 5.69 Å². The highest BCUT2D eigenvalue weighted by atomic mass is 16.5. The SMILES string of the molecule is COc1ccc(NC(=O)/C(C#N)=C/C2=Cc3ccc(OC)cc3OC2)cc1. The average molecular weight is 362 g/mol. The highest BCUT2D eigenvalue weighted by Gasteiger charge is 2.15. The normalized spacial score (nSPS) is 12.8. The van der Waals surface area contributed by atoms with E-state index < -0.39 is 5.91 Å². The zero-order valence-corrected chi connectivity index (χ0v) is 15.0. The summed E-state index contributed by atoms with van der Waals surface area (Å²) in [5, 5.41) is 12.1. The van der Waals surface area contributed by atoms with Crippen molar-refractivity contribution in [1.29, 1.82) is 5.26 Å². The summed E-state index contributed by atoms with van der Waals surface area (Å²) in [6.45, 7) is 0.265. The summed E-state index contributed by atoms with van der Waals surface area (Å²) >= 11 is 0. The van der Waals surface area contributed by atoms with Crippen molar-refractivity contribution in [3.05, 3.63) is 65.3 Å². The van der Waals surface area contributed by atoms with Gasteiger partial charge in [0.2, 0.25) is 0 Å². The minimum Gasteiger partial charge on any atom is -0.497 e. The minimum absolute atomic E-state index is 0.00219. The van der Waals surface area contributed by atoms with Crippen molar-refractivity contribution in [1.82, 2.24) is 0 Å². The maximum atomic E-state index is 12.4. The average Bonchev–Trinajstić information content (AvgIpc) is 2.71. The van der Waals surface area contributed by atoms with Gasteiger partial charge in [-0.25, -0.2) is 0 Å². The van der Waals surface area contributed by atoms with Crippen LogP contribution in [0.1, 0.15) is 5.56 Å². The van der Waals surface area contributed by atoms with E-state index in [4.69, 9.17) is 14.2 Å². The third-order valence-electron chi connectivity index (χ3n) is 4.00. The number of nitriles is 1. The Morgan fingerprint density at radius 3 is 2.52 bits per heavy atom. The molecule has 0 saturated carbocycles. The van der Waals surface area contributed by atoms with Crippen LogP contribution in [0, 0.1) is 11.3 Å². The number of hydrogen-bond donors (Lipinski definition) is 1. The zero-order valence-electron chi connectivity index (χ0n) is 15.0. The highest BCUT2D eigenvalue weighted by Crippen LogP contribution is 2.30. The maximum absolute atomic E-state index is 12.4. The summed E-state index contributed by atoms with van der Waals surface area (Å²) in [4.78, 5) is 12.4. The van der Waals surface area contributed by atoms with Gasteiger partial charge in [-0.3, -0.25) is 4.79 Å². The number of nitrogens with zero attached hydrogens (tertiary/aromatic N) is 1. The second kappa shape index (κ2) is 8.11. The fourth-order valence-corrected chi connectivity index (χ4v) is 2.58. The van der Waals surface area contributed by atoms with E-state index in [0.717, 1.165) is 11.1 Å². The van der Waals surface area contributed by atoms with E-state index in [1.54, 1.807) is 44.6 Å². The van der Waals surface area contributed by atoms with Crippen LogP contribution in [-0.4, -0.2) is 26.7 Å². The van der Waals surface area contributed by atoms with Crippen molar-refractivity contribution < 1.29 is 19.0 Å². The number of anilines is 1. The predicted octanol–water partition coefficient (Wildman–Crippen LogP) is 3.57. The van der Waals surface area contributed by atoms with Gasteiger partial charge in [-0.05, 0) is 54.1 Å². The Labute approximate surface area is 157 Å². The molecule has 0 bridgehead atoms. The second-order valence-corrected chi connectivity index (χ2v) is 5.76. The van der Waals surface area contributed by atoms with Crippen LogP contribution in [0.2, 0.25) is 0 Å². The fraction of sp³-hybridized carbons (Fsp3) is 0.143. The molecule has 0 radical (unpaired) electrons. The number of amides is 1. The van der Waals surface area contributed by atoms with Gasteiger partial charge < -0.3 is 19.5 Å². The predicted molar refractivity (Wildman–Crippen MR) is 102 cm³/mol. The molecule has 6 heteroatoms. The van der Waals surface area contributed by atoms with Crippen LogP contribution in [0.5, 0.6) is 17.2 Å². The maximum Gasteiger partial charge on any atom is 0.266 e. The fourth-order valence-electron chi connectivity index (χ4n) is 2.58. The molecule has 1 heterocycles. The van der Waals surface area contributed by atoms with E-state index in [1.807, 2.05) is 24.3 Å². The highest BCUT2D eigenvalue weighted by molar-refractivity contribution is 6.07. The van der Waals surface area contributed by atoms with Crippen molar-refractivity contribution in [2.45, 2.75) is 0 Å². The molecular weight excluding hydrogens is 344 g/mol. The molecule has 27 heavy (non-hydrogen) atoms. The summed E-state index contributed by atoms with van der Waals surface area (Å²) in [5.41, 5.74) is 2.17. The van der Waals surface area contributed by atoms with Gasteiger partial charge in [0.25, 0.3) is 5.91 Å². The molecule has 6 nitrogen and oxygen atoms in total. The van der Waals surface area contributed by atoms with Crippen molar-refractivity contribution in [3.8, 4) is 23.3 Å². The first-order valence-electron chi connectivity index (χ1n) is 8.21. The number of fused-ring (bicyclic) bond motifs is 1. The van der Waals surface area contributed by atoms with E-state index >= 15 is 0 Å². The second-order valence-electron chi connectivity index (χ2n) is 5.76. The van der Waals surface area contributed by atoms with Gasteiger partial charge in [-0.2, -0.15) is 5.26 Å². The van der Waals surface area contributed by atoms with Crippen LogP contribution >= 0.6 is 0 Å². The monoisotopic (exact) mass is 362 g/mol. The molecule has 2 aromatic rings. The molecule has 0 saturated heterocycles. The van der Waals surface area contributed by atoms with E-state index in [9.17, 15) is 10.1 Å². The lowest BCUT2D eigenvalue weighted by molar-refractivity contribution is -0.112. The Balaban J connectivity index is 1.77. The van der Waals surface area contributed by atoms with Crippen LogP contribution < -0.4 is 19.5 Å². The molecule has 0 aromatic heterocycles. The molecule has 1 N–H and O–H groups in total. The standard InChI is InChI=1S/C21H18N2O4/c1-25-18-7-4-17(5-8-18)23-21(24)16(12-22)10-14-9-15-3-6-19(26-2)11-20(15)27-13-14/h3-11H,13H2,1-2H3,(H,23,24)/b16-10+.